The van der Waals surface area contributed by atoms with Crippen LogP contribution in [0.2, 0.25) is 0 Å². The van der Waals surface area contributed by atoms with Crippen LogP contribution in [-0.2, 0) is 9.47 Å². The Bertz CT molecular complexity index is 652. The van der Waals surface area contributed by atoms with Crippen molar-refractivity contribution in [3.05, 3.63) is 47.2 Å². The van der Waals surface area contributed by atoms with Crippen molar-refractivity contribution in [1.82, 2.24) is 0 Å². The Labute approximate surface area is 122 Å². The fourth-order valence-electron chi connectivity index (χ4n) is 1.92. The van der Waals surface area contributed by atoms with Crippen LogP contribution in [0.1, 0.15) is 33.4 Å². The fourth-order valence-corrected chi connectivity index (χ4v) is 1.92. The van der Waals surface area contributed by atoms with Crippen LogP contribution < -0.4 is 0 Å². The Balaban J connectivity index is 2.28. The van der Waals surface area contributed by atoms with Crippen LogP contribution in [-0.4, -0.2) is 25.7 Å². The highest BCUT2D eigenvalue weighted by Crippen LogP contribution is 2.26. The molecule has 0 fully saturated rings. The monoisotopic (exact) mass is 288 g/mol. The molecule has 2 aromatic rings. The van der Waals surface area contributed by atoms with Gasteiger partial charge in [0.05, 0.1) is 19.3 Å². The molecule has 0 aliphatic carbocycles. The Hall–Kier alpha value is -2.56. The van der Waals surface area contributed by atoms with Crippen molar-refractivity contribution in [2.45, 2.75) is 13.8 Å². The van der Waals surface area contributed by atoms with Crippen molar-refractivity contribution < 1.29 is 23.5 Å². The summed E-state index contributed by atoms with van der Waals surface area (Å²) in [6.45, 7) is 3.77. The Kier molecular flexibility index (Phi) is 4.42. The lowest BCUT2D eigenvalue weighted by Crippen LogP contribution is -2.04. The van der Waals surface area contributed by atoms with Crippen molar-refractivity contribution >= 4 is 11.9 Å². The molecule has 0 bridgehead atoms. The third kappa shape index (κ3) is 3.13. The lowest BCUT2D eigenvalue weighted by atomic mass is 10.1. The number of ether oxygens (including phenoxy) is 2. The van der Waals surface area contributed by atoms with E-state index in [1.54, 1.807) is 44.2 Å². The normalized spacial score (nSPS) is 10.2. The minimum Gasteiger partial charge on any atom is -0.465 e. The van der Waals surface area contributed by atoms with Gasteiger partial charge in [0.15, 0.2) is 0 Å². The van der Waals surface area contributed by atoms with Crippen molar-refractivity contribution in [1.29, 1.82) is 0 Å². The highest BCUT2D eigenvalue weighted by Gasteiger charge is 2.17. The van der Waals surface area contributed by atoms with E-state index < -0.39 is 11.9 Å². The molecule has 0 spiro atoms. The highest BCUT2D eigenvalue weighted by molar-refractivity contribution is 5.92. The summed E-state index contributed by atoms with van der Waals surface area (Å²) < 4.78 is 15.2. The summed E-state index contributed by atoms with van der Waals surface area (Å²) in [5.41, 5.74) is 1.63. The van der Waals surface area contributed by atoms with Crippen LogP contribution in [0.3, 0.4) is 0 Å². The van der Waals surface area contributed by atoms with Gasteiger partial charge in [-0.15, -0.1) is 0 Å². The van der Waals surface area contributed by atoms with E-state index in [4.69, 9.17) is 9.15 Å². The number of rotatable bonds is 4. The van der Waals surface area contributed by atoms with Crippen molar-refractivity contribution in [2.24, 2.45) is 0 Å². The van der Waals surface area contributed by atoms with E-state index in [1.165, 1.54) is 7.11 Å². The molecule has 0 saturated carbocycles. The van der Waals surface area contributed by atoms with Crippen LogP contribution in [0.15, 0.2) is 34.7 Å². The van der Waals surface area contributed by atoms with Gasteiger partial charge in [-0.2, -0.15) is 0 Å². The van der Waals surface area contributed by atoms with Gasteiger partial charge in [0, 0.05) is 5.56 Å². The Morgan fingerprint density at radius 3 is 2.38 bits per heavy atom. The SMILES string of the molecule is CCOC(=O)c1cc(-c2ccc(C(=O)OC)cc2)oc1C. The molecular formula is C16H16O5. The van der Waals surface area contributed by atoms with Gasteiger partial charge in [-0.3, -0.25) is 0 Å². The van der Waals surface area contributed by atoms with Gasteiger partial charge in [0.2, 0.25) is 0 Å². The van der Waals surface area contributed by atoms with E-state index in [0.717, 1.165) is 5.56 Å². The molecular weight excluding hydrogens is 272 g/mol. The molecule has 1 aromatic heterocycles. The van der Waals surface area contributed by atoms with Crippen LogP contribution in [0.4, 0.5) is 0 Å². The molecule has 0 atom stereocenters. The maximum absolute atomic E-state index is 11.7. The second kappa shape index (κ2) is 6.26. The van der Waals surface area contributed by atoms with E-state index in [-0.39, 0.29) is 0 Å². The van der Waals surface area contributed by atoms with Gasteiger partial charge in [0.25, 0.3) is 0 Å². The van der Waals surface area contributed by atoms with Crippen molar-refractivity contribution in [2.75, 3.05) is 13.7 Å². The zero-order valence-electron chi connectivity index (χ0n) is 12.1. The third-order valence-corrected chi connectivity index (χ3v) is 3.00. The molecule has 0 saturated heterocycles. The number of esters is 2. The first-order chi connectivity index (χ1) is 10.1. The predicted octanol–water partition coefficient (Wildman–Crippen LogP) is 3.22. The van der Waals surface area contributed by atoms with Crippen LogP contribution >= 0.6 is 0 Å². The molecule has 0 N–H and O–H groups in total. The summed E-state index contributed by atoms with van der Waals surface area (Å²) in [5, 5.41) is 0. The lowest BCUT2D eigenvalue weighted by Gasteiger charge is -2.00. The van der Waals surface area contributed by atoms with Gasteiger partial charge in [-0.1, -0.05) is 12.1 Å². The topological polar surface area (TPSA) is 65.7 Å². The third-order valence-electron chi connectivity index (χ3n) is 3.00. The summed E-state index contributed by atoms with van der Waals surface area (Å²) in [4.78, 5) is 23.1. The van der Waals surface area contributed by atoms with Crippen LogP contribution in [0.5, 0.6) is 0 Å². The zero-order chi connectivity index (χ0) is 15.4. The largest absolute Gasteiger partial charge is 0.465 e. The maximum atomic E-state index is 11.7. The summed E-state index contributed by atoms with van der Waals surface area (Å²) in [6, 6.07) is 8.39. The molecule has 2 rings (SSSR count). The molecule has 0 radical (unpaired) electrons. The van der Waals surface area contributed by atoms with E-state index >= 15 is 0 Å². The van der Waals surface area contributed by atoms with Gasteiger partial charge in [-0.25, -0.2) is 9.59 Å². The highest BCUT2D eigenvalue weighted by atomic mass is 16.5. The lowest BCUT2D eigenvalue weighted by molar-refractivity contribution is 0.0523. The molecule has 5 nitrogen and oxygen atoms in total. The number of hydrogen-bond donors (Lipinski definition) is 0. The average molecular weight is 288 g/mol. The number of furan rings is 1. The van der Waals surface area contributed by atoms with Crippen molar-refractivity contribution in [3.63, 3.8) is 0 Å². The number of hydrogen-bond acceptors (Lipinski definition) is 5. The maximum Gasteiger partial charge on any atom is 0.341 e. The second-order valence-electron chi connectivity index (χ2n) is 4.37. The second-order valence-corrected chi connectivity index (χ2v) is 4.37. The molecule has 0 unspecified atom stereocenters. The van der Waals surface area contributed by atoms with E-state index in [0.29, 0.717) is 29.3 Å². The standard InChI is InChI=1S/C16H16O5/c1-4-20-16(18)13-9-14(21-10(13)2)11-5-7-12(8-6-11)15(17)19-3/h5-9H,4H2,1-3H3. The summed E-state index contributed by atoms with van der Waals surface area (Å²) >= 11 is 0. The summed E-state index contributed by atoms with van der Waals surface area (Å²) in [7, 11) is 1.33. The molecule has 110 valence electrons. The Morgan fingerprint density at radius 1 is 1.14 bits per heavy atom. The summed E-state index contributed by atoms with van der Waals surface area (Å²) in [6.07, 6.45) is 0. The molecule has 0 amide bonds. The number of aryl methyl sites for hydroxylation is 1. The predicted molar refractivity (Wildman–Crippen MR) is 76.2 cm³/mol. The fraction of sp³-hybridized carbons (Fsp3) is 0.250. The number of carbonyl (C=O) groups is 2. The van der Waals surface area contributed by atoms with Crippen LogP contribution in [0, 0.1) is 6.92 Å². The van der Waals surface area contributed by atoms with Crippen molar-refractivity contribution in [3.8, 4) is 11.3 Å². The first-order valence-electron chi connectivity index (χ1n) is 6.53. The molecule has 0 aliphatic rings. The first-order valence-corrected chi connectivity index (χ1v) is 6.53. The minimum absolute atomic E-state index is 0.312. The van der Waals surface area contributed by atoms with E-state index in [2.05, 4.69) is 4.74 Å². The molecule has 21 heavy (non-hydrogen) atoms. The number of methoxy groups -OCH3 is 1. The number of carbonyl (C=O) groups excluding carboxylic acids is 2. The zero-order valence-corrected chi connectivity index (χ0v) is 12.1. The quantitative estimate of drug-likeness (QED) is 0.808. The minimum atomic E-state index is -0.406. The molecule has 5 heteroatoms. The van der Waals surface area contributed by atoms with Gasteiger partial charge in [0.1, 0.15) is 17.1 Å². The molecule has 0 aliphatic heterocycles. The smallest absolute Gasteiger partial charge is 0.341 e. The summed E-state index contributed by atoms with van der Waals surface area (Å²) in [5.74, 6) is 0.244. The van der Waals surface area contributed by atoms with Crippen LogP contribution in [0.25, 0.3) is 11.3 Å². The first kappa shape index (κ1) is 14.8. The molecule has 1 heterocycles. The molecule has 1 aromatic carbocycles. The Morgan fingerprint density at radius 2 is 1.81 bits per heavy atom. The van der Waals surface area contributed by atoms with Gasteiger partial charge < -0.3 is 13.9 Å². The number of benzene rings is 1. The van der Waals surface area contributed by atoms with Gasteiger partial charge in [-0.05, 0) is 32.0 Å². The van der Waals surface area contributed by atoms with E-state index in [1.807, 2.05) is 0 Å². The van der Waals surface area contributed by atoms with Gasteiger partial charge >= 0.3 is 11.9 Å². The van der Waals surface area contributed by atoms with E-state index in [9.17, 15) is 9.59 Å². The average Bonchev–Trinajstić information content (AvgIpc) is 2.89.